The number of thiazole rings is 1. The number of methoxy groups -OCH3 is 1. The van der Waals surface area contributed by atoms with E-state index in [1.54, 1.807) is 12.6 Å². The van der Waals surface area contributed by atoms with Gasteiger partial charge in [0.15, 0.2) is 10.8 Å². The second-order valence-electron chi connectivity index (χ2n) is 5.17. The summed E-state index contributed by atoms with van der Waals surface area (Å²) in [5.41, 5.74) is 2.66. The Kier molecular flexibility index (Phi) is 5.50. The number of rotatable bonds is 6. The number of pyridine rings is 1. The zero-order chi connectivity index (χ0) is 17.8. The van der Waals surface area contributed by atoms with Crippen molar-refractivity contribution < 1.29 is 13.5 Å². The van der Waals surface area contributed by atoms with Gasteiger partial charge >= 0.3 is 0 Å². The molecule has 0 amide bonds. The molecule has 0 radical (unpaired) electrons. The first kappa shape index (κ1) is 17.6. The standard InChI is InChI=1S/C17H15F2N3OS2/c1-11-14(18)7-20-17(16(11)19)25-22(15-9-24-10-21-15)8-12-3-5-13(23-2)6-4-12/h3-7,9-10H,8H2,1-2H3. The molecule has 0 aliphatic rings. The number of hydrogen-bond donors (Lipinski definition) is 0. The summed E-state index contributed by atoms with van der Waals surface area (Å²) in [5.74, 6) is 0.143. The Morgan fingerprint density at radius 2 is 1.96 bits per heavy atom. The van der Waals surface area contributed by atoms with Crippen LogP contribution in [0.2, 0.25) is 0 Å². The predicted molar refractivity (Wildman–Crippen MR) is 96.0 cm³/mol. The van der Waals surface area contributed by atoms with Gasteiger partial charge in [0.2, 0.25) is 0 Å². The fraction of sp³-hybridized carbons (Fsp3) is 0.176. The van der Waals surface area contributed by atoms with Crippen LogP contribution in [0.4, 0.5) is 14.6 Å². The SMILES string of the molecule is COc1ccc(CN(Sc2ncc(F)c(C)c2F)c2cscn2)cc1. The second-order valence-corrected chi connectivity index (χ2v) is 6.90. The molecule has 4 nitrogen and oxygen atoms in total. The summed E-state index contributed by atoms with van der Waals surface area (Å²) >= 11 is 2.54. The summed E-state index contributed by atoms with van der Waals surface area (Å²) in [6, 6.07) is 7.58. The van der Waals surface area contributed by atoms with E-state index in [2.05, 4.69) is 9.97 Å². The molecule has 0 bridgehead atoms. The third-order valence-electron chi connectivity index (χ3n) is 3.53. The molecule has 130 valence electrons. The van der Waals surface area contributed by atoms with Crippen molar-refractivity contribution in [3.8, 4) is 5.75 Å². The second kappa shape index (κ2) is 7.79. The van der Waals surface area contributed by atoms with Crippen LogP contribution in [0.25, 0.3) is 0 Å². The third-order valence-corrected chi connectivity index (χ3v) is 5.10. The van der Waals surface area contributed by atoms with Crippen LogP contribution in [0.1, 0.15) is 11.1 Å². The van der Waals surface area contributed by atoms with E-state index in [4.69, 9.17) is 4.74 Å². The first-order chi connectivity index (χ1) is 12.1. The molecular weight excluding hydrogens is 364 g/mol. The number of halogens is 2. The molecule has 2 heterocycles. The fourth-order valence-electron chi connectivity index (χ4n) is 2.09. The zero-order valence-electron chi connectivity index (χ0n) is 13.6. The van der Waals surface area contributed by atoms with Crippen LogP contribution in [-0.2, 0) is 6.54 Å². The van der Waals surface area contributed by atoms with Crippen molar-refractivity contribution >= 4 is 29.1 Å². The van der Waals surface area contributed by atoms with Crippen LogP contribution in [0.5, 0.6) is 5.75 Å². The van der Waals surface area contributed by atoms with E-state index in [9.17, 15) is 8.78 Å². The van der Waals surface area contributed by atoms with Crippen molar-refractivity contribution in [1.29, 1.82) is 0 Å². The summed E-state index contributed by atoms with van der Waals surface area (Å²) in [6.07, 6.45) is 1.04. The minimum Gasteiger partial charge on any atom is -0.497 e. The van der Waals surface area contributed by atoms with Gasteiger partial charge in [-0.05, 0) is 24.6 Å². The fourth-order valence-corrected chi connectivity index (χ4v) is 3.64. The van der Waals surface area contributed by atoms with Gasteiger partial charge in [0, 0.05) is 22.9 Å². The summed E-state index contributed by atoms with van der Waals surface area (Å²) in [6.45, 7) is 1.88. The number of benzene rings is 1. The normalized spacial score (nSPS) is 10.7. The molecule has 0 aliphatic carbocycles. The van der Waals surface area contributed by atoms with Gasteiger partial charge < -0.3 is 4.74 Å². The van der Waals surface area contributed by atoms with Crippen LogP contribution in [0.15, 0.2) is 46.4 Å². The maximum atomic E-state index is 14.3. The van der Waals surface area contributed by atoms with Gasteiger partial charge in [0.1, 0.15) is 17.4 Å². The molecule has 25 heavy (non-hydrogen) atoms. The van der Waals surface area contributed by atoms with Gasteiger partial charge in [0.05, 0.1) is 25.4 Å². The average molecular weight is 379 g/mol. The third kappa shape index (κ3) is 4.08. The summed E-state index contributed by atoms with van der Waals surface area (Å²) in [7, 11) is 1.61. The molecule has 1 aromatic carbocycles. The van der Waals surface area contributed by atoms with Crippen molar-refractivity contribution in [2.75, 3.05) is 11.4 Å². The first-order valence-corrected chi connectivity index (χ1v) is 9.07. The summed E-state index contributed by atoms with van der Waals surface area (Å²) in [4.78, 5) is 8.17. The lowest BCUT2D eigenvalue weighted by Gasteiger charge is -2.21. The van der Waals surface area contributed by atoms with Gasteiger partial charge in [-0.15, -0.1) is 11.3 Å². The van der Waals surface area contributed by atoms with Crippen LogP contribution in [0, 0.1) is 18.6 Å². The number of ether oxygens (including phenoxy) is 1. The minimum absolute atomic E-state index is 0.0415. The molecule has 0 aliphatic heterocycles. The van der Waals surface area contributed by atoms with Crippen LogP contribution in [0.3, 0.4) is 0 Å². The van der Waals surface area contributed by atoms with Crippen molar-refractivity contribution in [1.82, 2.24) is 9.97 Å². The largest absolute Gasteiger partial charge is 0.497 e. The van der Waals surface area contributed by atoms with E-state index in [1.165, 1.54) is 18.3 Å². The number of hydrogen-bond acceptors (Lipinski definition) is 6. The molecule has 8 heteroatoms. The molecule has 0 fully saturated rings. The summed E-state index contributed by atoms with van der Waals surface area (Å²) < 4.78 is 34.7. The maximum Gasteiger partial charge on any atom is 0.162 e. The number of nitrogens with zero attached hydrogens (tertiary/aromatic N) is 3. The highest BCUT2D eigenvalue weighted by Gasteiger charge is 2.18. The molecule has 0 saturated carbocycles. The highest BCUT2D eigenvalue weighted by molar-refractivity contribution is 8.00. The quantitative estimate of drug-likeness (QED) is 0.573. The lowest BCUT2D eigenvalue weighted by atomic mass is 10.2. The zero-order valence-corrected chi connectivity index (χ0v) is 15.2. The maximum absolute atomic E-state index is 14.3. The molecule has 0 atom stereocenters. The monoisotopic (exact) mass is 379 g/mol. The molecule has 0 saturated heterocycles. The predicted octanol–water partition coefficient (Wildman–Crippen LogP) is 4.85. The lowest BCUT2D eigenvalue weighted by molar-refractivity contribution is 0.414. The van der Waals surface area contributed by atoms with Gasteiger partial charge in [0.25, 0.3) is 0 Å². The van der Waals surface area contributed by atoms with E-state index in [0.717, 1.165) is 29.5 Å². The molecule has 2 aromatic heterocycles. The van der Waals surface area contributed by atoms with Gasteiger partial charge in [-0.25, -0.2) is 18.7 Å². The van der Waals surface area contributed by atoms with Crippen molar-refractivity contribution in [2.45, 2.75) is 18.5 Å². The average Bonchev–Trinajstić information content (AvgIpc) is 3.16. The van der Waals surface area contributed by atoms with E-state index in [0.29, 0.717) is 12.4 Å². The van der Waals surface area contributed by atoms with Crippen LogP contribution >= 0.6 is 23.3 Å². The Hall–Kier alpha value is -2.19. The van der Waals surface area contributed by atoms with Crippen molar-refractivity contribution in [2.24, 2.45) is 0 Å². The van der Waals surface area contributed by atoms with Gasteiger partial charge in [-0.1, -0.05) is 12.1 Å². The number of anilines is 1. The molecule has 0 unspecified atom stereocenters. The van der Waals surface area contributed by atoms with E-state index < -0.39 is 11.6 Å². The van der Waals surface area contributed by atoms with Crippen molar-refractivity contribution in [3.05, 3.63) is 64.1 Å². The molecule has 0 spiro atoms. The van der Waals surface area contributed by atoms with Crippen LogP contribution in [-0.4, -0.2) is 17.1 Å². The van der Waals surface area contributed by atoms with Crippen LogP contribution < -0.4 is 9.04 Å². The van der Waals surface area contributed by atoms with E-state index in [1.807, 2.05) is 34.0 Å². The van der Waals surface area contributed by atoms with E-state index in [-0.39, 0.29) is 10.6 Å². The Bertz CT molecular complexity index is 842. The Morgan fingerprint density at radius 3 is 2.60 bits per heavy atom. The lowest BCUT2D eigenvalue weighted by Crippen LogP contribution is -2.15. The summed E-state index contributed by atoms with van der Waals surface area (Å²) in [5, 5.41) is 1.98. The number of aromatic nitrogens is 2. The molecule has 3 rings (SSSR count). The Labute approximate surface area is 152 Å². The van der Waals surface area contributed by atoms with E-state index >= 15 is 0 Å². The van der Waals surface area contributed by atoms with Gasteiger partial charge in [-0.2, -0.15) is 0 Å². The van der Waals surface area contributed by atoms with Gasteiger partial charge in [-0.3, -0.25) is 4.31 Å². The Balaban J connectivity index is 1.87. The Morgan fingerprint density at radius 1 is 1.20 bits per heavy atom. The molecule has 0 N–H and O–H groups in total. The first-order valence-electron chi connectivity index (χ1n) is 7.35. The molecule has 3 aromatic rings. The van der Waals surface area contributed by atoms with Crippen molar-refractivity contribution in [3.63, 3.8) is 0 Å². The smallest absolute Gasteiger partial charge is 0.162 e. The minimum atomic E-state index is -0.655. The topological polar surface area (TPSA) is 38.2 Å². The highest BCUT2D eigenvalue weighted by Crippen LogP contribution is 2.32. The highest BCUT2D eigenvalue weighted by atomic mass is 32.2. The molecular formula is C17H15F2N3OS2.